The van der Waals surface area contributed by atoms with E-state index in [9.17, 15) is 24.3 Å². The van der Waals surface area contributed by atoms with Gasteiger partial charge in [-0.1, -0.05) is 121 Å². The van der Waals surface area contributed by atoms with Crippen LogP contribution in [0.25, 0.3) is 11.1 Å². The number of rotatable bonds is 23. The van der Waals surface area contributed by atoms with Gasteiger partial charge in [0.15, 0.2) is 0 Å². The third-order valence-corrected chi connectivity index (χ3v) is 11.1. The molecular weight excluding hydrogens is 751 g/mol. The Bertz CT molecular complexity index is 1930. The minimum atomic E-state index is -1.02. The van der Waals surface area contributed by atoms with Crippen molar-refractivity contribution >= 4 is 35.6 Å². The Morgan fingerprint density at radius 3 is 1.98 bits per heavy atom. The van der Waals surface area contributed by atoms with Crippen molar-refractivity contribution in [3.8, 4) is 11.1 Å². The lowest BCUT2D eigenvalue weighted by Crippen LogP contribution is -2.47. The molecule has 0 bridgehead atoms. The minimum absolute atomic E-state index is 0.0907. The lowest BCUT2D eigenvalue weighted by molar-refractivity contribution is -0.147. The third-order valence-electron chi connectivity index (χ3n) is 9.95. The van der Waals surface area contributed by atoms with E-state index >= 15 is 0 Å². The number of esters is 1. The van der Waals surface area contributed by atoms with Crippen LogP contribution < -0.4 is 16.0 Å². The molecule has 304 valence electrons. The van der Waals surface area contributed by atoms with Gasteiger partial charge in [0.2, 0.25) is 11.8 Å². The molecule has 5 rings (SSSR count). The number of fused-ring (bicyclic) bond motifs is 3. The van der Waals surface area contributed by atoms with Gasteiger partial charge in [-0.05, 0) is 59.1 Å². The number of hydrogen-bond donors (Lipinski definition) is 4. The van der Waals surface area contributed by atoms with Crippen LogP contribution in [0.5, 0.6) is 0 Å². The predicted octanol–water partition coefficient (Wildman–Crippen LogP) is 7.12. The summed E-state index contributed by atoms with van der Waals surface area (Å²) in [5, 5.41) is 18.5. The van der Waals surface area contributed by atoms with Gasteiger partial charge in [-0.15, -0.1) is 13.2 Å². The number of ether oxygens (including phenoxy) is 2. The van der Waals surface area contributed by atoms with E-state index in [0.717, 1.165) is 33.4 Å². The number of hydrogen-bond acceptors (Lipinski definition) is 8. The zero-order chi connectivity index (χ0) is 41.1. The van der Waals surface area contributed by atoms with E-state index in [1.54, 1.807) is 23.9 Å². The summed E-state index contributed by atoms with van der Waals surface area (Å²) in [6.07, 6.45) is 3.73. The molecule has 0 fully saturated rings. The summed E-state index contributed by atoms with van der Waals surface area (Å²) < 4.78 is 11.5. The van der Waals surface area contributed by atoms with Gasteiger partial charge in [0.05, 0.1) is 24.6 Å². The molecule has 4 N–H and O–H groups in total. The van der Waals surface area contributed by atoms with E-state index in [0.29, 0.717) is 24.3 Å². The first-order chi connectivity index (χ1) is 28.3. The van der Waals surface area contributed by atoms with E-state index in [4.69, 9.17) is 9.47 Å². The zero-order valence-electron chi connectivity index (χ0n) is 32.7. The molecule has 0 spiro atoms. The number of alkyl carbamates (subject to hydrolysis) is 1. The smallest absolute Gasteiger partial charge is 0.407 e. The monoisotopic (exact) mass is 803 g/mol. The lowest BCUT2D eigenvalue weighted by Gasteiger charge is -2.24. The number of benzene rings is 4. The number of nitrogens with one attached hydrogen (secondary N) is 3. The normalized spacial score (nSPS) is 13.7. The summed E-state index contributed by atoms with van der Waals surface area (Å²) >= 11 is 1.56. The quantitative estimate of drug-likeness (QED) is 0.0459. The van der Waals surface area contributed by atoms with Crippen LogP contribution in [-0.4, -0.2) is 72.7 Å². The molecule has 11 heteroatoms. The van der Waals surface area contributed by atoms with E-state index in [2.05, 4.69) is 41.2 Å². The van der Waals surface area contributed by atoms with Gasteiger partial charge >= 0.3 is 12.1 Å². The topological polar surface area (TPSA) is 143 Å². The van der Waals surface area contributed by atoms with Crippen molar-refractivity contribution < 1.29 is 33.8 Å². The molecule has 0 heterocycles. The molecule has 4 aromatic carbocycles. The van der Waals surface area contributed by atoms with Gasteiger partial charge in [-0.3, -0.25) is 9.59 Å². The Morgan fingerprint density at radius 2 is 1.36 bits per heavy atom. The Balaban J connectivity index is 1.20. The fourth-order valence-electron chi connectivity index (χ4n) is 7.00. The Morgan fingerprint density at radius 1 is 0.741 bits per heavy atom. The largest absolute Gasteiger partial charge is 0.462 e. The molecule has 3 amide bonds. The first-order valence-electron chi connectivity index (χ1n) is 19.7. The maximum Gasteiger partial charge on any atom is 0.407 e. The summed E-state index contributed by atoms with van der Waals surface area (Å²) in [5.41, 5.74) is 6.43. The number of thioether (sulfide) groups is 1. The van der Waals surface area contributed by atoms with Gasteiger partial charge in [0.25, 0.3) is 0 Å². The van der Waals surface area contributed by atoms with Crippen LogP contribution in [0.15, 0.2) is 135 Å². The van der Waals surface area contributed by atoms with Gasteiger partial charge < -0.3 is 30.5 Å². The van der Waals surface area contributed by atoms with Crippen LogP contribution in [0, 0.1) is 5.92 Å². The van der Waals surface area contributed by atoms with E-state index in [1.807, 2.05) is 97.1 Å². The van der Waals surface area contributed by atoms with Crippen LogP contribution in [0.1, 0.15) is 53.9 Å². The van der Waals surface area contributed by atoms with Gasteiger partial charge in [-0.2, -0.15) is 11.8 Å². The summed E-state index contributed by atoms with van der Waals surface area (Å²) in [6.45, 7) is 7.23. The van der Waals surface area contributed by atoms with Crippen LogP contribution >= 0.6 is 11.8 Å². The average molecular weight is 804 g/mol. The number of aliphatic hydroxyl groups is 1. The SMILES string of the molecule is C=CCC[C@H](NC(=O)OCC1c2ccccc2-c2ccccc21)C(=O)OC[C@H](CSCc1ccccc1)NC(=O)[C@H](CC=C)CC(=O)N[C@H](CO)Cc1ccccc1. The summed E-state index contributed by atoms with van der Waals surface area (Å²) in [7, 11) is 0. The number of amides is 3. The lowest BCUT2D eigenvalue weighted by atomic mass is 9.98. The molecule has 0 unspecified atom stereocenters. The average Bonchev–Trinajstić information content (AvgIpc) is 3.56. The first-order valence-corrected chi connectivity index (χ1v) is 20.8. The highest BCUT2D eigenvalue weighted by atomic mass is 32.2. The van der Waals surface area contributed by atoms with Gasteiger partial charge in [-0.25, -0.2) is 9.59 Å². The molecule has 4 atom stereocenters. The van der Waals surface area contributed by atoms with Crippen LogP contribution in [-0.2, 0) is 36.0 Å². The second kappa shape index (κ2) is 22.9. The standard InChI is InChI=1S/C47H53N3O7S/c1-3-5-25-43(50-47(55)57-30-42-40-23-14-12-21-38(40)39-22-13-15-24-41(39)42)46(54)56-29-37(32-58-31-34-19-10-7-11-20-34)49-45(53)35(16-4-2)27-44(52)48-36(28-51)26-33-17-8-6-9-18-33/h3-4,6-15,17-24,35-37,42-43,51H,1-2,5,16,25-32H2,(H,48,52)(H,49,53)(H,50,55)/t35-,36+,37-,43+/m1/s1. The molecular formula is C47H53N3O7S. The molecule has 10 nitrogen and oxygen atoms in total. The highest BCUT2D eigenvalue weighted by Gasteiger charge is 2.31. The van der Waals surface area contributed by atoms with Crippen molar-refractivity contribution in [2.24, 2.45) is 5.92 Å². The van der Waals surface area contributed by atoms with Crippen molar-refractivity contribution in [1.29, 1.82) is 0 Å². The fraction of sp³-hybridized carbons (Fsp3) is 0.319. The second-order valence-electron chi connectivity index (χ2n) is 14.3. The molecule has 1 aliphatic rings. The predicted molar refractivity (Wildman–Crippen MR) is 229 cm³/mol. The number of carbonyl (C=O) groups is 4. The van der Waals surface area contributed by atoms with Crippen LogP contribution in [0.2, 0.25) is 0 Å². The van der Waals surface area contributed by atoms with Crippen LogP contribution in [0.3, 0.4) is 0 Å². The fourth-order valence-corrected chi connectivity index (χ4v) is 8.01. The number of allylic oxidation sites excluding steroid dienone is 2. The van der Waals surface area contributed by atoms with Crippen molar-refractivity contribution in [2.45, 2.75) is 61.9 Å². The molecule has 0 saturated heterocycles. The summed E-state index contributed by atoms with van der Waals surface area (Å²) in [4.78, 5) is 53.6. The number of aliphatic hydroxyl groups excluding tert-OH is 1. The molecule has 58 heavy (non-hydrogen) atoms. The first kappa shape index (κ1) is 43.5. The molecule has 4 aromatic rings. The molecule has 0 radical (unpaired) electrons. The van der Waals surface area contributed by atoms with E-state index in [1.165, 1.54) is 0 Å². The molecule has 1 aliphatic carbocycles. The Labute approximate surface area is 345 Å². The summed E-state index contributed by atoms with van der Waals surface area (Å²) in [6, 6.07) is 33.3. The van der Waals surface area contributed by atoms with Crippen molar-refractivity contribution in [2.75, 3.05) is 25.6 Å². The van der Waals surface area contributed by atoms with E-state index in [-0.39, 0.29) is 56.8 Å². The minimum Gasteiger partial charge on any atom is -0.462 e. The van der Waals surface area contributed by atoms with Crippen molar-refractivity contribution in [1.82, 2.24) is 16.0 Å². The Hall–Kier alpha value is -5.65. The molecule has 0 aliphatic heterocycles. The third kappa shape index (κ3) is 12.9. The molecule has 0 aromatic heterocycles. The summed E-state index contributed by atoms with van der Waals surface area (Å²) in [5.74, 6) is -1.25. The maximum atomic E-state index is 13.7. The maximum absolute atomic E-state index is 13.7. The van der Waals surface area contributed by atoms with E-state index < -0.39 is 36.1 Å². The second-order valence-corrected chi connectivity index (χ2v) is 15.3. The van der Waals surface area contributed by atoms with Crippen molar-refractivity contribution in [3.63, 3.8) is 0 Å². The highest BCUT2D eigenvalue weighted by molar-refractivity contribution is 7.98. The Kier molecular flexibility index (Phi) is 17.2. The van der Waals surface area contributed by atoms with Crippen LogP contribution in [0.4, 0.5) is 4.79 Å². The van der Waals surface area contributed by atoms with Crippen molar-refractivity contribution in [3.05, 3.63) is 157 Å². The van der Waals surface area contributed by atoms with Gasteiger partial charge in [0.1, 0.15) is 19.3 Å². The zero-order valence-corrected chi connectivity index (χ0v) is 33.5. The molecule has 0 saturated carbocycles. The number of carbonyl (C=O) groups excluding carboxylic acids is 4. The highest BCUT2D eigenvalue weighted by Crippen LogP contribution is 2.44. The van der Waals surface area contributed by atoms with Gasteiger partial charge in [0, 0.05) is 23.8 Å².